The van der Waals surface area contributed by atoms with Gasteiger partial charge in [-0.2, -0.15) is 0 Å². The standard InChI is InChI=1S/C26H19NO4/c1-2-3-4-8-16-22-25-18-11-17-23(28)26(25,31-25)20-14-9-10-15-21(20)27(22)24(29)30-19-12-6-5-7-13-19/h1,3-7,9-10,12-15,22H,11,17-18H2. The Kier molecular flexibility index (Phi) is 4.43. The average Bonchev–Trinajstić information content (AvgIpc) is 3.50. The van der Waals surface area contributed by atoms with Crippen LogP contribution >= 0.6 is 0 Å². The zero-order chi connectivity index (χ0) is 21.5. The Bertz CT molecular complexity index is 1200. The van der Waals surface area contributed by atoms with Crippen molar-refractivity contribution in [2.75, 3.05) is 4.90 Å². The molecule has 3 atom stereocenters. The van der Waals surface area contributed by atoms with E-state index < -0.39 is 23.3 Å². The highest BCUT2D eigenvalue weighted by Gasteiger charge is 2.82. The lowest BCUT2D eigenvalue weighted by Crippen LogP contribution is -2.58. The quantitative estimate of drug-likeness (QED) is 0.528. The summed E-state index contributed by atoms with van der Waals surface area (Å²) in [6.45, 7) is 0. The number of rotatable bonds is 1. The van der Waals surface area contributed by atoms with Crippen LogP contribution in [0.2, 0.25) is 0 Å². The molecule has 3 unspecified atom stereocenters. The molecule has 2 aliphatic heterocycles. The van der Waals surface area contributed by atoms with Gasteiger partial charge in [-0.05, 0) is 43.2 Å². The highest BCUT2D eigenvalue weighted by Crippen LogP contribution is 2.68. The van der Waals surface area contributed by atoms with Crippen LogP contribution in [0.25, 0.3) is 0 Å². The lowest BCUT2D eigenvalue weighted by Gasteiger charge is -2.40. The zero-order valence-electron chi connectivity index (χ0n) is 16.7. The first-order valence-electron chi connectivity index (χ1n) is 10.2. The van der Waals surface area contributed by atoms with E-state index in [1.807, 2.05) is 24.3 Å². The van der Waals surface area contributed by atoms with Gasteiger partial charge in [-0.25, -0.2) is 4.79 Å². The van der Waals surface area contributed by atoms with Crippen LogP contribution in [-0.2, 0) is 15.1 Å². The molecule has 0 N–H and O–H groups in total. The number of para-hydroxylation sites is 2. The van der Waals surface area contributed by atoms with Crippen LogP contribution in [0.5, 0.6) is 5.75 Å². The van der Waals surface area contributed by atoms with Crippen molar-refractivity contribution in [2.24, 2.45) is 0 Å². The van der Waals surface area contributed by atoms with Crippen molar-refractivity contribution >= 4 is 17.6 Å². The third kappa shape index (κ3) is 2.71. The van der Waals surface area contributed by atoms with E-state index in [2.05, 4.69) is 17.8 Å². The first kappa shape index (κ1) is 19.2. The summed E-state index contributed by atoms with van der Waals surface area (Å²) in [7, 11) is 0. The number of anilines is 1. The third-order valence-electron chi connectivity index (χ3n) is 6.10. The predicted molar refractivity (Wildman–Crippen MR) is 115 cm³/mol. The Labute approximate surface area is 180 Å². The smallest absolute Gasteiger partial charge is 0.410 e. The summed E-state index contributed by atoms with van der Waals surface area (Å²) in [4.78, 5) is 28.0. The second-order valence-electron chi connectivity index (χ2n) is 7.71. The van der Waals surface area contributed by atoms with Crippen molar-refractivity contribution in [1.29, 1.82) is 0 Å². The molecule has 152 valence electrons. The van der Waals surface area contributed by atoms with Crippen LogP contribution in [0.15, 0.2) is 66.7 Å². The Morgan fingerprint density at radius 1 is 1.16 bits per heavy atom. The molecule has 0 radical (unpaired) electrons. The molecule has 2 fully saturated rings. The van der Waals surface area contributed by atoms with Crippen molar-refractivity contribution in [2.45, 2.75) is 36.5 Å². The summed E-state index contributed by atoms with van der Waals surface area (Å²) in [5, 5.41) is 0. The molecule has 0 bridgehead atoms. The maximum absolute atomic E-state index is 13.4. The van der Waals surface area contributed by atoms with Crippen LogP contribution in [0, 0.1) is 24.2 Å². The summed E-state index contributed by atoms with van der Waals surface area (Å²) < 4.78 is 12.0. The molecular weight excluding hydrogens is 390 g/mol. The Morgan fingerprint density at radius 3 is 2.74 bits per heavy atom. The number of epoxide rings is 1. The van der Waals surface area contributed by atoms with E-state index >= 15 is 0 Å². The molecule has 2 aromatic carbocycles. The van der Waals surface area contributed by atoms with Gasteiger partial charge in [-0.15, -0.1) is 6.42 Å². The molecule has 1 aliphatic carbocycles. The molecule has 3 aliphatic rings. The lowest BCUT2D eigenvalue weighted by atomic mass is 9.68. The van der Waals surface area contributed by atoms with Gasteiger partial charge in [0.1, 0.15) is 17.4 Å². The van der Waals surface area contributed by atoms with Gasteiger partial charge in [-0.1, -0.05) is 54.2 Å². The fourth-order valence-corrected chi connectivity index (χ4v) is 4.84. The van der Waals surface area contributed by atoms with E-state index in [0.29, 0.717) is 36.3 Å². The molecule has 5 rings (SSSR count). The first-order chi connectivity index (χ1) is 15.1. The van der Waals surface area contributed by atoms with Gasteiger partial charge in [-0.3, -0.25) is 9.69 Å². The van der Waals surface area contributed by atoms with Gasteiger partial charge in [0, 0.05) is 12.0 Å². The number of carbonyl (C=O) groups is 2. The van der Waals surface area contributed by atoms with Crippen molar-refractivity contribution < 1.29 is 19.1 Å². The number of carbonyl (C=O) groups excluding carboxylic acids is 2. The number of ketones is 1. The van der Waals surface area contributed by atoms with Crippen LogP contribution < -0.4 is 9.64 Å². The van der Waals surface area contributed by atoms with E-state index in [1.54, 1.807) is 36.4 Å². The minimum atomic E-state index is -1.06. The molecule has 1 amide bonds. The molecule has 5 nitrogen and oxygen atoms in total. The maximum Gasteiger partial charge on any atom is 0.420 e. The first-order valence-corrected chi connectivity index (χ1v) is 10.2. The van der Waals surface area contributed by atoms with Crippen molar-refractivity contribution in [3.8, 4) is 29.9 Å². The number of hydrogen-bond donors (Lipinski definition) is 0. The molecule has 2 heterocycles. The normalized spacial score (nSPS) is 27.8. The van der Waals surface area contributed by atoms with Gasteiger partial charge in [0.2, 0.25) is 0 Å². The number of ether oxygens (including phenoxy) is 2. The molecular formula is C26H19NO4. The number of fused-ring (bicyclic) bond motifs is 1. The highest BCUT2D eigenvalue weighted by atomic mass is 16.6. The van der Waals surface area contributed by atoms with Gasteiger partial charge >= 0.3 is 6.09 Å². The summed E-state index contributed by atoms with van der Waals surface area (Å²) >= 11 is 0. The average molecular weight is 409 g/mol. The monoisotopic (exact) mass is 409 g/mol. The minimum Gasteiger partial charge on any atom is -0.410 e. The molecule has 2 aromatic rings. The van der Waals surface area contributed by atoms with Gasteiger partial charge in [0.25, 0.3) is 0 Å². The molecule has 1 saturated heterocycles. The Morgan fingerprint density at radius 2 is 1.94 bits per heavy atom. The van der Waals surface area contributed by atoms with Crippen LogP contribution in [-0.4, -0.2) is 23.5 Å². The Balaban J connectivity index is 1.65. The Hall–Kier alpha value is -3.80. The predicted octanol–water partition coefficient (Wildman–Crippen LogP) is 3.98. The summed E-state index contributed by atoms with van der Waals surface area (Å²) in [6.07, 6.45) is 9.49. The van der Waals surface area contributed by atoms with Crippen molar-refractivity contribution in [1.82, 2.24) is 0 Å². The fraction of sp³-hybridized carbons (Fsp3) is 0.231. The van der Waals surface area contributed by atoms with Gasteiger partial charge in [0.15, 0.2) is 11.4 Å². The van der Waals surface area contributed by atoms with Crippen molar-refractivity contribution in [3.63, 3.8) is 0 Å². The number of hydrogen-bond acceptors (Lipinski definition) is 4. The summed E-state index contributed by atoms with van der Waals surface area (Å²) in [5.74, 6) is 8.90. The SMILES string of the molecule is C#CC=CC#CC1N(C(=O)Oc2ccccc2)c2ccccc2C23OC12CCCC3=O. The van der Waals surface area contributed by atoms with Crippen LogP contribution in [0.3, 0.4) is 0 Å². The number of benzene rings is 2. The summed E-state index contributed by atoms with van der Waals surface area (Å²) in [6, 6.07) is 15.5. The number of Topliss-reactive ketones (excluding diaryl/α,β-unsaturated/α-hetero) is 1. The molecule has 5 heteroatoms. The second kappa shape index (κ2) is 7.16. The van der Waals surface area contributed by atoms with Gasteiger partial charge < -0.3 is 9.47 Å². The zero-order valence-corrected chi connectivity index (χ0v) is 16.7. The number of amides is 1. The van der Waals surface area contributed by atoms with E-state index in [0.717, 1.165) is 0 Å². The number of nitrogens with zero attached hydrogens (tertiary/aromatic N) is 1. The minimum absolute atomic E-state index is 0.0354. The topological polar surface area (TPSA) is 59.1 Å². The summed E-state index contributed by atoms with van der Waals surface area (Å²) in [5.41, 5.74) is -0.668. The van der Waals surface area contributed by atoms with E-state index in [4.69, 9.17) is 15.9 Å². The molecule has 0 spiro atoms. The lowest BCUT2D eigenvalue weighted by molar-refractivity contribution is -0.125. The van der Waals surface area contributed by atoms with Crippen LogP contribution in [0.1, 0.15) is 24.8 Å². The van der Waals surface area contributed by atoms with Crippen LogP contribution in [0.4, 0.5) is 10.5 Å². The number of terminal acetylenes is 1. The third-order valence-corrected chi connectivity index (χ3v) is 6.10. The molecule has 31 heavy (non-hydrogen) atoms. The second-order valence-corrected chi connectivity index (χ2v) is 7.71. The van der Waals surface area contributed by atoms with E-state index in [-0.39, 0.29) is 5.78 Å². The number of allylic oxidation sites excluding steroid dienone is 2. The maximum atomic E-state index is 13.4. The largest absolute Gasteiger partial charge is 0.420 e. The molecule has 1 saturated carbocycles. The van der Waals surface area contributed by atoms with E-state index in [1.165, 1.54) is 11.0 Å². The van der Waals surface area contributed by atoms with Crippen molar-refractivity contribution in [3.05, 3.63) is 72.3 Å². The molecule has 0 aromatic heterocycles. The van der Waals surface area contributed by atoms with Gasteiger partial charge in [0.05, 0.1) is 5.69 Å². The fourth-order valence-electron chi connectivity index (χ4n) is 4.84. The highest BCUT2D eigenvalue weighted by molar-refractivity contribution is 6.02. The van der Waals surface area contributed by atoms with E-state index in [9.17, 15) is 9.59 Å².